The molecular formula is C9H15N3O. The van der Waals surface area contributed by atoms with E-state index >= 15 is 0 Å². The lowest BCUT2D eigenvalue weighted by Crippen LogP contribution is -2.09. The predicted molar refractivity (Wildman–Crippen MR) is 50.8 cm³/mol. The minimum atomic E-state index is 0.575. The number of nitrogens with two attached hydrogens (primary N) is 1. The molecule has 2 N–H and O–H groups in total. The van der Waals surface area contributed by atoms with Crippen LogP contribution in [0, 0.1) is 13.8 Å². The number of hydrogen-bond acceptors (Lipinski definition) is 4. The van der Waals surface area contributed by atoms with Crippen molar-refractivity contribution in [3.63, 3.8) is 0 Å². The third kappa shape index (κ3) is 2.15. The fourth-order valence-electron chi connectivity index (χ4n) is 1.31. The molecule has 4 heteroatoms. The summed E-state index contributed by atoms with van der Waals surface area (Å²) in [5.41, 5.74) is 7.17. The van der Waals surface area contributed by atoms with Gasteiger partial charge in [-0.05, 0) is 20.4 Å². The molecule has 1 heterocycles. The van der Waals surface area contributed by atoms with Crippen LogP contribution in [0.5, 0.6) is 5.75 Å². The molecule has 0 atom stereocenters. The van der Waals surface area contributed by atoms with Gasteiger partial charge in [-0.3, -0.25) is 0 Å². The van der Waals surface area contributed by atoms with Gasteiger partial charge in [0.25, 0.3) is 0 Å². The maximum Gasteiger partial charge on any atom is 0.161 e. The fourth-order valence-corrected chi connectivity index (χ4v) is 1.31. The van der Waals surface area contributed by atoms with Gasteiger partial charge in [0.1, 0.15) is 5.82 Å². The SMILES string of the molecule is COc1c(C)nc(CCN)nc1C. The van der Waals surface area contributed by atoms with E-state index in [9.17, 15) is 0 Å². The molecule has 0 aliphatic carbocycles. The maximum absolute atomic E-state index is 5.42. The Balaban J connectivity index is 3.05. The quantitative estimate of drug-likeness (QED) is 0.742. The molecule has 0 amide bonds. The molecule has 0 bridgehead atoms. The highest BCUT2D eigenvalue weighted by Crippen LogP contribution is 2.18. The molecule has 0 fully saturated rings. The first-order chi connectivity index (χ1) is 6.19. The van der Waals surface area contributed by atoms with Crippen LogP contribution in [0.15, 0.2) is 0 Å². The van der Waals surface area contributed by atoms with E-state index in [1.54, 1.807) is 7.11 Å². The Kier molecular flexibility index (Phi) is 3.19. The van der Waals surface area contributed by atoms with Gasteiger partial charge < -0.3 is 10.5 Å². The van der Waals surface area contributed by atoms with Gasteiger partial charge >= 0.3 is 0 Å². The Morgan fingerprint density at radius 2 is 1.77 bits per heavy atom. The minimum absolute atomic E-state index is 0.575. The third-order valence-corrected chi connectivity index (χ3v) is 1.82. The van der Waals surface area contributed by atoms with Crippen molar-refractivity contribution in [2.75, 3.05) is 13.7 Å². The number of aryl methyl sites for hydroxylation is 2. The molecule has 0 radical (unpaired) electrons. The van der Waals surface area contributed by atoms with Crippen LogP contribution in [0.2, 0.25) is 0 Å². The third-order valence-electron chi connectivity index (χ3n) is 1.82. The zero-order chi connectivity index (χ0) is 9.84. The van der Waals surface area contributed by atoms with Crippen molar-refractivity contribution in [2.45, 2.75) is 20.3 Å². The summed E-state index contributed by atoms with van der Waals surface area (Å²) in [6.07, 6.45) is 0.714. The standard InChI is InChI=1S/C9H15N3O/c1-6-9(13-3)7(2)12-8(11-6)4-5-10/h4-5,10H2,1-3H3. The second-order valence-corrected chi connectivity index (χ2v) is 2.88. The fraction of sp³-hybridized carbons (Fsp3) is 0.556. The molecule has 0 aromatic carbocycles. The van der Waals surface area contributed by atoms with Gasteiger partial charge in [0.15, 0.2) is 5.75 Å². The molecule has 1 aromatic rings. The number of ether oxygens (including phenoxy) is 1. The minimum Gasteiger partial charge on any atom is -0.493 e. The van der Waals surface area contributed by atoms with Crippen LogP contribution in [0.4, 0.5) is 0 Å². The lowest BCUT2D eigenvalue weighted by atomic mass is 10.3. The predicted octanol–water partition coefficient (Wildman–Crippen LogP) is 0.603. The molecule has 4 nitrogen and oxygen atoms in total. The van der Waals surface area contributed by atoms with Crippen LogP contribution in [0.25, 0.3) is 0 Å². The van der Waals surface area contributed by atoms with E-state index in [2.05, 4.69) is 9.97 Å². The topological polar surface area (TPSA) is 61.0 Å². The first kappa shape index (κ1) is 9.92. The number of nitrogens with zero attached hydrogens (tertiary/aromatic N) is 2. The Morgan fingerprint density at radius 1 is 1.23 bits per heavy atom. The molecule has 0 aliphatic rings. The normalized spacial score (nSPS) is 10.2. The van der Waals surface area contributed by atoms with Crippen LogP contribution in [0.3, 0.4) is 0 Å². The van der Waals surface area contributed by atoms with Gasteiger partial charge in [-0.1, -0.05) is 0 Å². The van der Waals surface area contributed by atoms with Gasteiger partial charge in [0.2, 0.25) is 0 Å². The summed E-state index contributed by atoms with van der Waals surface area (Å²) >= 11 is 0. The molecular weight excluding hydrogens is 166 g/mol. The summed E-state index contributed by atoms with van der Waals surface area (Å²) in [7, 11) is 1.63. The van der Waals surface area contributed by atoms with E-state index in [4.69, 9.17) is 10.5 Å². The summed E-state index contributed by atoms with van der Waals surface area (Å²) in [6.45, 7) is 4.40. The zero-order valence-electron chi connectivity index (χ0n) is 8.29. The van der Waals surface area contributed by atoms with E-state index < -0.39 is 0 Å². The van der Waals surface area contributed by atoms with Crippen molar-refractivity contribution in [3.05, 3.63) is 17.2 Å². The largest absolute Gasteiger partial charge is 0.493 e. The molecule has 0 saturated carbocycles. The van der Waals surface area contributed by atoms with Crippen molar-refractivity contribution in [3.8, 4) is 5.75 Å². The average Bonchev–Trinajstić information content (AvgIpc) is 2.04. The lowest BCUT2D eigenvalue weighted by molar-refractivity contribution is 0.402. The summed E-state index contributed by atoms with van der Waals surface area (Å²) < 4.78 is 5.15. The highest BCUT2D eigenvalue weighted by molar-refractivity contribution is 5.31. The van der Waals surface area contributed by atoms with Crippen LogP contribution in [-0.4, -0.2) is 23.6 Å². The number of rotatable bonds is 3. The van der Waals surface area contributed by atoms with E-state index in [1.807, 2.05) is 13.8 Å². The summed E-state index contributed by atoms with van der Waals surface area (Å²) in [5, 5.41) is 0. The van der Waals surface area contributed by atoms with Crippen molar-refractivity contribution in [2.24, 2.45) is 5.73 Å². The van der Waals surface area contributed by atoms with Crippen molar-refractivity contribution >= 4 is 0 Å². The van der Waals surface area contributed by atoms with Crippen molar-refractivity contribution in [1.82, 2.24) is 9.97 Å². The summed E-state index contributed by atoms with van der Waals surface area (Å²) in [6, 6.07) is 0. The molecule has 1 aromatic heterocycles. The van der Waals surface area contributed by atoms with Crippen molar-refractivity contribution in [1.29, 1.82) is 0 Å². The number of aromatic nitrogens is 2. The van der Waals surface area contributed by atoms with Gasteiger partial charge in [0, 0.05) is 6.42 Å². The van der Waals surface area contributed by atoms with E-state index in [1.165, 1.54) is 0 Å². The van der Waals surface area contributed by atoms with Crippen LogP contribution in [0.1, 0.15) is 17.2 Å². The zero-order valence-corrected chi connectivity index (χ0v) is 8.29. The van der Waals surface area contributed by atoms with Gasteiger partial charge in [0.05, 0.1) is 18.5 Å². The monoisotopic (exact) mass is 181 g/mol. The van der Waals surface area contributed by atoms with E-state index in [-0.39, 0.29) is 0 Å². The molecule has 0 aliphatic heterocycles. The van der Waals surface area contributed by atoms with E-state index in [0.29, 0.717) is 13.0 Å². The average molecular weight is 181 g/mol. The van der Waals surface area contributed by atoms with Gasteiger partial charge in [-0.2, -0.15) is 0 Å². The smallest absolute Gasteiger partial charge is 0.161 e. The second kappa shape index (κ2) is 4.18. The highest BCUT2D eigenvalue weighted by Gasteiger charge is 2.07. The molecule has 0 spiro atoms. The Hall–Kier alpha value is -1.16. The Labute approximate surface area is 78.1 Å². The maximum atomic E-state index is 5.42. The summed E-state index contributed by atoms with van der Waals surface area (Å²) in [4.78, 5) is 8.56. The van der Waals surface area contributed by atoms with Crippen molar-refractivity contribution < 1.29 is 4.74 Å². The van der Waals surface area contributed by atoms with Crippen LogP contribution in [-0.2, 0) is 6.42 Å². The molecule has 72 valence electrons. The van der Waals surface area contributed by atoms with Gasteiger partial charge in [-0.15, -0.1) is 0 Å². The Bertz CT molecular complexity index is 276. The van der Waals surface area contributed by atoms with Crippen LogP contribution >= 0.6 is 0 Å². The number of methoxy groups -OCH3 is 1. The van der Waals surface area contributed by atoms with Crippen LogP contribution < -0.4 is 10.5 Å². The summed E-state index contributed by atoms with van der Waals surface area (Å²) in [5.74, 6) is 1.55. The first-order valence-electron chi connectivity index (χ1n) is 4.27. The lowest BCUT2D eigenvalue weighted by Gasteiger charge is -2.08. The molecule has 0 unspecified atom stereocenters. The second-order valence-electron chi connectivity index (χ2n) is 2.88. The van der Waals surface area contributed by atoms with E-state index in [0.717, 1.165) is 23.0 Å². The highest BCUT2D eigenvalue weighted by atomic mass is 16.5. The molecule has 0 saturated heterocycles. The molecule has 1 rings (SSSR count). The van der Waals surface area contributed by atoms with Gasteiger partial charge in [-0.25, -0.2) is 9.97 Å². The first-order valence-corrected chi connectivity index (χ1v) is 4.27. The Morgan fingerprint density at radius 3 is 2.15 bits per heavy atom. The number of hydrogen-bond donors (Lipinski definition) is 1. The molecule has 13 heavy (non-hydrogen) atoms.